The van der Waals surface area contributed by atoms with E-state index >= 15 is 0 Å². The first-order valence-electron chi connectivity index (χ1n) is 8.98. The highest BCUT2D eigenvalue weighted by molar-refractivity contribution is 5.93. The zero-order chi connectivity index (χ0) is 19.1. The van der Waals surface area contributed by atoms with Crippen molar-refractivity contribution in [3.05, 3.63) is 72.2 Å². The van der Waals surface area contributed by atoms with Crippen LogP contribution < -0.4 is 16.8 Å². The van der Waals surface area contributed by atoms with Gasteiger partial charge in [-0.1, -0.05) is 12.1 Å². The fourth-order valence-corrected chi connectivity index (χ4v) is 3.45. The Bertz CT molecular complexity index is 1300. The van der Waals surface area contributed by atoms with E-state index in [9.17, 15) is 0 Å². The van der Waals surface area contributed by atoms with E-state index in [0.29, 0.717) is 23.8 Å². The second-order valence-electron chi connectivity index (χ2n) is 6.74. The summed E-state index contributed by atoms with van der Waals surface area (Å²) in [5.74, 6) is 0.703. The highest BCUT2D eigenvalue weighted by Gasteiger charge is 2.12. The predicted octanol–water partition coefficient (Wildman–Crippen LogP) is 3.94. The molecule has 0 radical (unpaired) electrons. The molecule has 7 nitrogen and oxygen atoms in total. The van der Waals surface area contributed by atoms with Crippen molar-refractivity contribution in [3.8, 4) is 0 Å². The number of rotatable bonds is 4. The number of nitrogen functional groups attached to an aromatic ring is 2. The van der Waals surface area contributed by atoms with Crippen molar-refractivity contribution < 1.29 is 0 Å². The van der Waals surface area contributed by atoms with E-state index < -0.39 is 0 Å². The van der Waals surface area contributed by atoms with Crippen LogP contribution in [0.2, 0.25) is 0 Å². The van der Waals surface area contributed by atoms with Gasteiger partial charge in [0.2, 0.25) is 5.95 Å². The first kappa shape index (κ1) is 16.2. The molecule has 0 saturated carbocycles. The lowest BCUT2D eigenvalue weighted by atomic mass is 10.1. The molecule has 138 valence electrons. The van der Waals surface area contributed by atoms with Gasteiger partial charge in [-0.25, -0.2) is 4.98 Å². The van der Waals surface area contributed by atoms with Crippen molar-refractivity contribution in [2.45, 2.75) is 6.42 Å². The maximum Gasteiger partial charge on any atom is 0.229 e. The van der Waals surface area contributed by atoms with Gasteiger partial charge in [-0.2, -0.15) is 4.98 Å². The van der Waals surface area contributed by atoms with E-state index in [2.05, 4.69) is 43.5 Å². The van der Waals surface area contributed by atoms with Gasteiger partial charge in [-0.3, -0.25) is 0 Å². The molecular formula is C21H19N7. The Kier molecular flexibility index (Phi) is 3.65. The zero-order valence-electron chi connectivity index (χ0n) is 15.0. The summed E-state index contributed by atoms with van der Waals surface area (Å²) in [7, 11) is 0. The number of benzene rings is 2. The van der Waals surface area contributed by atoms with Gasteiger partial charge in [-0.05, 0) is 47.3 Å². The van der Waals surface area contributed by atoms with Gasteiger partial charge in [0, 0.05) is 35.2 Å². The third-order valence-electron chi connectivity index (χ3n) is 4.88. The molecule has 2 aromatic carbocycles. The zero-order valence-corrected chi connectivity index (χ0v) is 15.0. The molecule has 0 aliphatic heterocycles. The smallest absolute Gasteiger partial charge is 0.229 e. The summed E-state index contributed by atoms with van der Waals surface area (Å²) >= 11 is 0. The Labute approximate surface area is 160 Å². The minimum Gasteiger partial charge on any atom is -0.394 e. The SMILES string of the molecule is Nc1nc(Nc2cccc3[nH]ccc23)nc(Cc2ccc3[nH]ccc3c2)c1N. The van der Waals surface area contributed by atoms with Gasteiger partial charge in [0.15, 0.2) is 5.82 Å². The standard InChI is InChI=1S/C21H19N7/c22-19-18(11-12-4-5-15-13(10-12)6-8-24-15)27-21(28-20(19)23)26-17-3-1-2-16-14(17)7-9-25-16/h1-10,24-25H,11,22H2,(H3,23,26,27,28). The molecule has 0 amide bonds. The molecule has 7 heteroatoms. The predicted molar refractivity (Wildman–Crippen MR) is 114 cm³/mol. The van der Waals surface area contributed by atoms with E-state index in [-0.39, 0.29) is 5.82 Å². The van der Waals surface area contributed by atoms with Crippen LogP contribution in [0.15, 0.2) is 60.9 Å². The third-order valence-corrected chi connectivity index (χ3v) is 4.88. The second kappa shape index (κ2) is 6.31. The lowest BCUT2D eigenvalue weighted by Crippen LogP contribution is -2.09. The van der Waals surface area contributed by atoms with Gasteiger partial charge in [-0.15, -0.1) is 0 Å². The Morgan fingerprint density at radius 3 is 2.68 bits per heavy atom. The summed E-state index contributed by atoms with van der Waals surface area (Å²) in [6, 6.07) is 16.2. The monoisotopic (exact) mass is 369 g/mol. The number of hydrogen-bond donors (Lipinski definition) is 5. The topological polar surface area (TPSA) is 121 Å². The summed E-state index contributed by atoms with van der Waals surface area (Å²) < 4.78 is 0. The molecule has 0 spiro atoms. The van der Waals surface area contributed by atoms with Crippen LogP contribution in [0.25, 0.3) is 21.8 Å². The quantitative estimate of drug-likeness (QED) is 0.328. The minimum atomic E-state index is 0.275. The molecule has 0 aliphatic carbocycles. The molecule has 0 unspecified atom stereocenters. The van der Waals surface area contributed by atoms with Crippen LogP contribution in [0.3, 0.4) is 0 Å². The van der Waals surface area contributed by atoms with Crippen molar-refractivity contribution in [2.75, 3.05) is 16.8 Å². The number of H-pyrrole nitrogens is 2. The van der Waals surface area contributed by atoms with E-state index in [1.165, 1.54) is 0 Å². The van der Waals surface area contributed by atoms with Crippen LogP contribution in [0.4, 0.5) is 23.1 Å². The van der Waals surface area contributed by atoms with E-state index in [1.807, 2.05) is 42.7 Å². The largest absolute Gasteiger partial charge is 0.394 e. The maximum atomic E-state index is 6.17. The molecule has 0 bridgehead atoms. The van der Waals surface area contributed by atoms with Crippen LogP contribution in [-0.2, 0) is 6.42 Å². The molecule has 7 N–H and O–H groups in total. The Balaban J connectivity index is 1.50. The average molecular weight is 369 g/mol. The molecule has 0 atom stereocenters. The normalized spacial score (nSPS) is 11.3. The maximum absolute atomic E-state index is 6.17. The molecule has 5 aromatic rings. The lowest BCUT2D eigenvalue weighted by Gasteiger charge is -2.12. The molecule has 0 saturated heterocycles. The number of fused-ring (bicyclic) bond motifs is 2. The number of anilines is 4. The highest BCUT2D eigenvalue weighted by atomic mass is 15.1. The summed E-state index contributed by atoms with van der Waals surface area (Å²) in [5.41, 5.74) is 17.5. The van der Waals surface area contributed by atoms with Crippen LogP contribution in [0.1, 0.15) is 11.3 Å². The van der Waals surface area contributed by atoms with Crippen molar-refractivity contribution >= 4 is 44.9 Å². The molecule has 3 aromatic heterocycles. The second-order valence-corrected chi connectivity index (χ2v) is 6.74. The van der Waals surface area contributed by atoms with Crippen LogP contribution in [0, 0.1) is 0 Å². The first-order valence-corrected chi connectivity index (χ1v) is 8.98. The van der Waals surface area contributed by atoms with Crippen molar-refractivity contribution in [1.29, 1.82) is 0 Å². The first-order chi connectivity index (χ1) is 13.7. The summed E-state index contributed by atoms with van der Waals surface area (Å²) in [6.07, 6.45) is 4.40. The molecule has 0 aliphatic rings. The average Bonchev–Trinajstić information content (AvgIpc) is 3.35. The van der Waals surface area contributed by atoms with Crippen molar-refractivity contribution in [3.63, 3.8) is 0 Å². The molecule has 3 heterocycles. The number of nitrogens with one attached hydrogen (secondary N) is 3. The minimum absolute atomic E-state index is 0.275. The van der Waals surface area contributed by atoms with E-state index in [0.717, 1.165) is 33.1 Å². The van der Waals surface area contributed by atoms with Gasteiger partial charge in [0.05, 0.1) is 17.1 Å². The van der Waals surface area contributed by atoms with Gasteiger partial charge in [0.25, 0.3) is 0 Å². The van der Waals surface area contributed by atoms with Gasteiger partial charge in [0.1, 0.15) is 0 Å². The van der Waals surface area contributed by atoms with Crippen molar-refractivity contribution in [1.82, 2.24) is 19.9 Å². The number of aromatic amines is 2. The summed E-state index contributed by atoms with van der Waals surface area (Å²) in [5, 5.41) is 5.48. The molecule has 28 heavy (non-hydrogen) atoms. The lowest BCUT2D eigenvalue weighted by molar-refractivity contribution is 1.05. The van der Waals surface area contributed by atoms with Gasteiger partial charge < -0.3 is 26.8 Å². The van der Waals surface area contributed by atoms with E-state index in [1.54, 1.807) is 0 Å². The number of hydrogen-bond acceptors (Lipinski definition) is 5. The Hall–Kier alpha value is -4.00. The molecule has 0 fully saturated rings. The molecular weight excluding hydrogens is 350 g/mol. The van der Waals surface area contributed by atoms with Crippen LogP contribution in [-0.4, -0.2) is 19.9 Å². The molecule has 5 rings (SSSR count). The van der Waals surface area contributed by atoms with E-state index in [4.69, 9.17) is 11.5 Å². The third kappa shape index (κ3) is 2.79. The van der Waals surface area contributed by atoms with Crippen LogP contribution >= 0.6 is 0 Å². The Morgan fingerprint density at radius 1 is 0.893 bits per heavy atom. The highest BCUT2D eigenvalue weighted by Crippen LogP contribution is 2.27. The number of nitrogens with zero attached hydrogens (tertiary/aromatic N) is 2. The Morgan fingerprint density at radius 2 is 1.75 bits per heavy atom. The summed E-state index contributed by atoms with van der Waals surface area (Å²) in [4.78, 5) is 15.3. The fraction of sp³-hybridized carbons (Fsp3) is 0.0476. The summed E-state index contributed by atoms with van der Waals surface area (Å²) in [6.45, 7) is 0. The van der Waals surface area contributed by atoms with Crippen LogP contribution in [0.5, 0.6) is 0 Å². The van der Waals surface area contributed by atoms with Gasteiger partial charge >= 0.3 is 0 Å². The van der Waals surface area contributed by atoms with Crippen molar-refractivity contribution in [2.24, 2.45) is 0 Å². The number of aromatic nitrogens is 4. The fourth-order valence-electron chi connectivity index (χ4n) is 3.45. The number of nitrogens with two attached hydrogens (primary N) is 2.